The summed E-state index contributed by atoms with van der Waals surface area (Å²) < 4.78 is 50.1. The molecule has 4 aliphatic carbocycles. The lowest BCUT2D eigenvalue weighted by Gasteiger charge is -2.61. The highest BCUT2D eigenvalue weighted by Crippen LogP contribution is 2.71. The van der Waals surface area contributed by atoms with E-state index in [4.69, 9.17) is 37.9 Å². The minimum absolute atomic E-state index is 0.126. The number of hydrogen-bond acceptors (Lipinski definition) is 16. The zero-order valence-electron chi connectivity index (χ0n) is 35.8. The first-order chi connectivity index (χ1) is 28.5. The van der Waals surface area contributed by atoms with Crippen molar-refractivity contribution in [3.05, 3.63) is 0 Å². The van der Waals surface area contributed by atoms with E-state index in [1.54, 1.807) is 0 Å². The predicted molar refractivity (Wildman–Crippen MR) is 208 cm³/mol. The number of fused-ring (bicyclic) bond motifs is 7. The summed E-state index contributed by atoms with van der Waals surface area (Å²) in [5.74, 6) is 2.75. The van der Waals surface area contributed by atoms with E-state index in [-0.39, 0.29) is 23.0 Å². The lowest BCUT2D eigenvalue weighted by atomic mass is 9.44. The molecule has 0 aromatic carbocycles. The van der Waals surface area contributed by atoms with E-state index in [0.717, 1.165) is 58.0 Å². The van der Waals surface area contributed by atoms with Gasteiger partial charge in [0.05, 0.1) is 37.6 Å². The minimum Gasteiger partial charge on any atom is -0.394 e. The summed E-state index contributed by atoms with van der Waals surface area (Å²) in [5.41, 5.74) is 0.362. The van der Waals surface area contributed by atoms with E-state index >= 15 is 0 Å². The molecule has 5 aliphatic heterocycles. The van der Waals surface area contributed by atoms with Gasteiger partial charge in [0.25, 0.3) is 0 Å². The highest BCUT2D eigenvalue weighted by atomic mass is 16.8. The molecule has 9 aliphatic rings. The largest absolute Gasteiger partial charge is 0.394 e. The molecule has 26 unspecified atom stereocenters. The first-order valence-electron chi connectivity index (χ1n) is 23.1. The molecule has 5 saturated heterocycles. The maximum absolute atomic E-state index is 12.0. The van der Waals surface area contributed by atoms with Crippen LogP contribution < -0.4 is 0 Å². The van der Waals surface area contributed by atoms with Crippen molar-refractivity contribution in [3.8, 4) is 0 Å². The monoisotopic (exact) mass is 856 g/mol. The van der Waals surface area contributed by atoms with Crippen molar-refractivity contribution in [2.75, 3.05) is 13.2 Å². The molecule has 0 radical (unpaired) electrons. The van der Waals surface area contributed by atoms with Gasteiger partial charge in [0.15, 0.2) is 24.7 Å². The molecule has 16 nitrogen and oxygen atoms in total. The van der Waals surface area contributed by atoms with Crippen LogP contribution in [0.1, 0.15) is 105 Å². The van der Waals surface area contributed by atoms with Gasteiger partial charge in [0, 0.05) is 12.3 Å². The molecule has 8 N–H and O–H groups in total. The van der Waals surface area contributed by atoms with Gasteiger partial charge in [0.1, 0.15) is 61.0 Å². The van der Waals surface area contributed by atoms with Gasteiger partial charge in [-0.05, 0) is 118 Å². The smallest absolute Gasteiger partial charge is 0.187 e. The van der Waals surface area contributed by atoms with E-state index in [9.17, 15) is 40.9 Å². The van der Waals surface area contributed by atoms with E-state index in [2.05, 4.69) is 20.8 Å². The fourth-order valence-electron chi connectivity index (χ4n) is 14.5. The average molecular weight is 857 g/mol. The number of hydrogen-bond donors (Lipinski definition) is 8. The molecule has 0 amide bonds. The summed E-state index contributed by atoms with van der Waals surface area (Å²) >= 11 is 0. The summed E-state index contributed by atoms with van der Waals surface area (Å²) in [6.45, 7) is 10.6. The molecule has 5 heterocycles. The van der Waals surface area contributed by atoms with Gasteiger partial charge in [0.2, 0.25) is 0 Å². The molecular weight excluding hydrogens is 784 g/mol. The van der Waals surface area contributed by atoms with Crippen molar-refractivity contribution in [1.82, 2.24) is 0 Å². The predicted octanol–water partition coefficient (Wildman–Crippen LogP) is 1.08. The van der Waals surface area contributed by atoms with Crippen LogP contribution in [0.3, 0.4) is 0 Å². The van der Waals surface area contributed by atoms with Crippen LogP contribution in [0.5, 0.6) is 0 Å². The van der Waals surface area contributed by atoms with Crippen molar-refractivity contribution in [2.24, 2.45) is 46.3 Å². The van der Waals surface area contributed by atoms with Crippen LogP contribution in [0.15, 0.2) is 0 Å². The summed E-state index contributed by atoms with van der Waals surface area (Å²) in [6.07, 6.45) is -9.77. The molecule has 1 spiro atoms. The van der Waals surface area contributed by atoms with Crippen molar-refractivity contribution in [3.63, 3.8) is 0 Å². The molecule has 4 saturated carbocycles. The summed E-state index contributed by atoms with van der Waals surface area (Å²) in [4.78, 5) is 0. The molecule has 9 fully saturated rings. The Balaban J connectivity index is 0.902. The van der Waals surface area contributed by atoms with E-state index < -0.39 is 105 Å². The Morgan fingerprint density at radius 2 is 1.25 bits per heavy atom. The van der Waals surface area contributed by atoms with Gasteiger partial charge in [-0.3, -0.25) is 0 Å². The number of rotatable bonds is 7. The van der Waals surface area contributed by atoms with Crippen LogP contribution in [0.4, 0.5) is 0 Å². The molecule has 0 bridgehead atoms. The lowest BCUT2D eigenvalue weighted by Crippen LogP contribution is -2.66. The molecule has 60 heavy (non-hydrogen) atoms. The summed E-state index contributed by atoms with van der Waals surface area (Å²) in [6, 6.07) is 0. The minimum atomic E-state index is -1.70. The van der Waals surface area contributed by atoms with Crippen LogP contribution in [-0.4, -0.2) is 164 Å². The fourth-order valence-corrected chi connectivity index (χ4v) is 14.5. The summed E-state index contributed by atoms with van der Waals surface area (Å²) in [5, 5.41) is 85.9. The molecule has 16 heteroatoms. The van der Waals surface area contributed by atoms with Crippen LogP contribution >= 0.6 is 0 Å². The maximum Gasteiger partial charge on any atom is 0.187 e. The number of aliphatic hydroxyl groups is 8. The van der Waals surface area contributed by atoms with E-state index in [1.165, 1.54) is 33.1 Å². The topological polar surface area (TPSA) is 236 Å². The highest BCUT2D eigenvalue weighted by Gasteiger charge is 2.69. The Labute approximate surface area is 353 Å². The first-order valence-corrected chi connectivity index (χ1v) is 23.1. The van der Waals surface area contributed by atoms with Gasteiger partial charge >= 0.3 is 0 Å². The molecule has 344 valence electrons. The van der Waals surface area contributed by atoms with Crippen LogP contribution in [0.2, 0.25) is 0 Å². The third kappa shape index (κ3) is 7.17. The molecular formula is C44H72O16. The highest BCUT2D eigenvalue weighted by molar-refractivity contribution is 5.15. The Hall–Kier alpha value is -0.640. The average Bonchev–Trinajstić information content (AvgIpc) is 3.67. The van der Waals surface area contributed by atoms with Gasteiger partial charge in [-0.15, -0.1) is 0 Å². The third-order valence-corrected chi connectivity index (χ3v) is 17.9. The van der Waals surface area contributed by atoms with Crippen molar-refractivity contribution in [1.29, 1.82) is 0 Å². The Bertz CT molecular complexity index is 1500. The molecule has 0 aromatic rings. The standard InChI is InChI=1S/C44H72O16/c1-19-29-27(60-44(19)12-6-7-15-53-44)17-26-24-9-8-22-16-23(10-13-42(22,4)25(24)11-14-43(26,29)5)56-41-38(59-40-35(51)33(49)31(47)21(3)55-40)36(52)37(28(18-45)57-41)58-39-34(50)32(48)30(46)20(2)54-39/h19-41,45-52H,6-18H2,1-5H3. The van der Waals surface area contributed by atoms with Crippen LogP contribution in [0, 0.1) is 46.3 Å². The zero-order chi connectivity index (χ0) is 42.6. The van der Waals surface area contributed by atoms with Gasteiger partial charge in [-0.25, -0.2) is 0 Å². The lowest BCUT2D eigenvalue weighted by molar-refractivity contribution is -0.389. The molecule has 26 atom stereocenters. The van der Waals surface area contributed by atoms with E-state index in [1.807, 2.05) is 0 Å². The van der Waals surface area contributed by atoms with Crippen LogP contribution in [-0.2, 0) is 37.9 Å². The number of aliphatic hydroxyl groups excluding tert-OH is 8. The quantitative estimate of drug-likeness (QED) is 0.167. The third-order valence-electron chi connectivity index (χ3n) is 17.9. The molecule has 0 aromatic heterocycles. The molecule has 9 rings (SSSR count). The second-order valence-corrected chi connectivity index (χ2v) is 20.8. The maximum atomic E-state index is 12.0. The van der Waals surface area contributed by atoms with Crippen LogP contribution in [0.25, 0.3) is 0 Å². The fraction of sp³-hybridized carbons (Fsp3) is 1.00. The Morgan fingerprint density at radius 3 is 1.88 bits per heavy atom. The Morgan fingerprint density at radius 1 is 0.600 bits per heavy atom. The van der Waals surface area contributed by atoms with Gasteiger partial charge < -0.3 is 78.7 Å². The second-order valence-electron chi connectivity index (χ2n) is 20.8. The van der Waals surface area contributed by atoms with Gasteiger partial charge in [-0.2, -0.15) is 0 Å². The summed E-state index contributed by atoms with van der Waals surface area (Å²) in [7, 11) is 0. The van der Waals surface area contributed by atoms with Crippen molar-refractivity contribution >= 4 is 0 Å². The van der Waals surface area contributed by atoms with Gasteiger partial charge in [-0.1, -0.05) is 20.8 Å². The van der Waals surface area contributed by atoms with E-state index in [0.29, 0.717) is 35.5 Å². The van der Waals surface area contributed by atoms with Crippen molar-refractivity contribution < 1.29 is 78.7 Å². The first kappa shape index (κ1) is 44.6. The second kappa shape index (κ2) is 16.7. The SMILES string of the molecule is CC1OC(OC2C(CO)OC(OC3CCC4(C)C(CCC5C4CCC4(C)C5CC5OC6(CCCCO6)C(C)C54)C3)C(OC3OC(C)C(O)C(O)C3O)C2O)C(O)C(O)C1O. The van der Waals surface area contributed by atoms with Crippen molar-refractivity contribution in [2.45, 2.75) is 215 Å². The Kier molecular flexibility index (Phi) is 12.4. The number of ether oxygens (including phenoxy) is 8. The zero-order valence-corrected chi connectivity index (χ0v) is 35.8. The normalized spacial score (nSPS) is 59.2.